The predicted molar refractivity (Wildman–Crippen MR) is 36.6 cm³/mol. The fourth-order valence-electron chi connectivity index (χ4n) is 0.573. The van der Waals surface area contributed by atoms with E-state index in [1.54, 1.807) is 0 Å². The molecule has 0 fully saturated rings. The van der Waals surface area contributed by atoms with Gasteiger partial charge < -0.3 is 4.74 Å². The van der Waals surface area contributed by atoms with Crippen LogP contribution >= 0.6 is 0 Å². The minimum atomic E-state index is -3.32. The third-order valence-electron chi connectivity index (χ3n) is 1.12. The highest BCUT2D eigenvalue weighted by atomic mass is 19.3. The van der Waals surface area contributed by atoms with E-state index in [4.69, 9.17) is 5.53 Å². The zero-order valence-electron chi connectivity index (χ0n) is 6.79. The molecule has 0 rings (SSSR count). The van der Waals surface area contributed by atoms with E-state index in [-0.39, 0.29) is 6.61 Å². The maximum absolute atomic E-state index is 11.8. The van der Waals surface area contributed by atoms with Crippen LogP contribution in [0.15, 0.2) is 5.11 Å². The Balaban J connectivity index is 4.41. The molecular formula is C6H8F2N2O3. The van der Waals surface area contributed by atoms with Crippen molar-refractivity contribution < 1.29 is 23.1 Å². The highest BCUT2D eigenvalue weighted by molar-refractivity contribution is 6.04. The van der Waals surface area contributed by atoms with Crippen molar-refractivity contribution in [3.05, 3.63) is 0 Å². The van der Waals surface area contributed by atoms with Crippen LogP contribution in [0.5, 0.6) is 0 Å². The molecule has 0 bridgehead atoms. The summed E-state index contributed by atoms with van der Waals surface area (Å²) in [7, 11) is 0. The van der Waals surface area contributed by atoms with E-state index >= 15 is 0 Å². The van der Waals surface area contributed by atoms with Crippen molar-refractivity contribution >= 4 is 11.8 Å². The Bertz CT molecular complexity index is 220. The van der Waals surface area contributed by atoms with Gasteiger partial charge in [0.2, 0.25) is 11.8 Å². The van der Waals surface area contributed by atoms with E-state index in [0.717, 1.165) is 0 Å². The average Bonchev–Trinajstić information content (AvgIpc) is 2.05. The molecular weight excluding hydrogens is 186 g/mol. The van der Waals surface area contributed by atoms with Gasteiger partial charge in [-0.1, -0.05) is 0 Å². The van der Waals surface area contributed by atoms with Gasteiger partial charge in [-0.15, -0.1) is 0 Å². The maximum Gasteiger partial charge on any atom is 0.340 e. The quantitative estimate of drug-likeness (QED) is 0.399. The first-order valence-electron chi connectivity index (χ1n) is 3.39. The molecule has 1 N–H and O–H groups in total. The largest absolute Gasteiger partial charge is 0.464 e. The van der Waals surface area contributed by atoms with Crippen LogP contribution in [0.4, 0.5) is 8.78 Å². The average molecular weight is 194 g/mol. The second-order valence-corrected chi connectivity index (χ2v) is 1.99. The molecule has 13 heavy (non-hydrogen) atoms. The normalized spacial score (nSPS) is 12.3. The van der Waals surface area contributed by atoms with Gasteiger partial charge in [-0.3, -0.25) is 4.79 Å². The molecule has 0 saturated carbocycles. The summed E-state index contributed by atoms with van der Waals surface area (Å²) in [6.07, 6.45) is -3.32. The zero-order chi connectivity index (χ0) is 10.4. The van der Waals surface area contributed by atoms with Gasteiger partial charge in [0.05, 0.1) is 6.61 Å². The van der Waals surface area contributed by atoms with Crippen LogP contribution in [0.25, 0.3) is 0 Å². The monoisotopic (exact) mass is 194 g/mol. The van der Waals surface area contributed by atoms with Crippen LogP contribution in [0, 0.1) is 5.53 Å². The topological polar surface area (TPSA) is 79.6 Å². The summed E-state index contributed by atoms with van der Waals surface area (Å²) in [5, 5.41) is 2.47. The lowest BCUT2D eigenvalue weighted by molar-refractivity contribution is -0.150. The van der Waals surface area contributed by atoms with Crippen LogP contribution < -0.4 is 0 Å². The molecule has 1 atom stereocenters. The number of hydrogen-bond acceptors (Lipinski definition) is 5. The SMILES string of the molecule is CCOC(=O)C(N=N)C(=O)C(F)F. The first-order valence-corrected chi connectivity index (χ1v) is 3.39. The second-order valence-electron chi connectivity index (χ2n) is 1.99. The van der Waals surface area contributed by atoms with E-state index < -0.39 is 24.2 Å². The molecule has 1 unspecified atom stereocenters. The number of alkyl halides is 2. The van der Waals surface area contributed by atoms with Crippen LogP contribution in [0.1, 0.15) is 6.92 Å². The highest BCUT2D eigenvalue weighted by Crippen LogP contribution is 2.04. The first kappa shape index (κ1) is 11.6. The van der Waals surface area contributed by atoms with Gasteiger partial charge in [0.15, 0.2) is 0 Å². The number of rotatable bonds is 5. The molecule has 0 aromatic carbocycles. The summed E-state index contributed by atoms with van der Waals surface area (Å²) in [6.45, 7) is 1.40. The molecule has 0 heterocycles. The minimum Gasteiger partial charge on any atom is -0.464 e. The third-order valence-corrected chi connectivity index (χ3v) is 1.12. The van der Waals surface area contributed by atoms with Crippen LogP contribution in [0.3, 0.4) is 0 Å². The Morgan fingerprint density at radius 1 is 1.54 bits per heavy atom. The van der Waals surface area contributed by atoms with Crippen molar-refractivity contribution in [2.45, 2.75) is 19.4 Å². The smallest absolute Gasteiger partial charge is 0.340 e. The van der Waals surface area contributed by atoms with E-state index in [1.165, 1.54) is 6.92 Å². The molecule has 7 heteroatoms. The molecule has 0 radical (unpaired) electrons. The third kappa shape index (κ3) is 3.22. The van der Waals surface area contributed by atoms with Gasteiger partial charge in [0, 0.05) is 0 Å². The highest BCUT2D eigenvalue weighted by Gasteiger charge is 2.33. The standard InChI is InChI=1S/C6H8F2N2O3/c1-2-13-6(12)3(10-9)4(11)5(7)8/h3,5,9H,2H2,1H3. The van der Waals surface area contributed by atoms with E-state index in [2.05, 4.69) is 9.85 Å². The number of carbonyl (C=O) groups is 2. The van der Waals surface area contributed by atoms with Gasteiger partial charge in [-0.2, -0.15) is 5.11 Å². The van der Waals surface area contributed by atoms with Gasteiger partial charge in [-0.25, -0.2) is 19.1 Å². The number of ketones is 1. The Kier molecular flexibility index (Phi) is 4.71. The summed E-state index contributed by atoms with van der Waals surface area (Å²) in [4.78, 5) is 21.3. The lowest BCUT2D eigenvalue weighted by Crippen LogP contribution is -2.34. The Morgan fingerprint density at radius 3 is 2.38 bits per heavy atom. The predicted octanol–water partition coefficient (Wildman–Crippen LogP) is 0.783. The number of ether oxygens (including phenoxy) is 1. The van der Waals surface area contributed by atoms with E-state index in [9.17, 15) is 18.4 Å². The molecule has 0 aromatic heterocycles. The fraction of sp³-hybridized carbons (Fsp3) is 0.667. The van der Waals surface area contributed by atoms with Crippen molar-refractivity contribution in [2.24, 2.45) is 5.11 Å². The van der Waals surface area contributed by atoms with Gasteiger partial charge >= 0.3 is 5.97 Å². The molecule has 0 aliphatic carbocycles. The Labute approximate surface area is 72.6 Å². The molecule has 0 saturated heterocycles. The van der Waals surface area contributed by atoms with E-state index in [0.29, 0.717) is 0 Å². The van der Waals surface area contributed by atoms with Crippen LogP contribution in [-0.2, 0) is 14.3 Å². The van der Waals surface area contributed by atoms with Crippen LogP contribution in [-0.4, -0.2) is 30.8 Å². The number of nitrogens with one attached hydrogen (secondary N) is 1. The van der Waals surface area contributed by atoms with Crippen molar-refractivity contribution in [1.29, 1.82) is 5.53 Å². The van der Waals surface area contributed by atoms with E-state index in [1.807, 2.05) is 0 Å². The first-order chi connectivity index (χ1) is 6.04. The molecule has 0 amide bonds. The van der Waals surface area contributed by atoms with Crippen molar-refractivity contribution in [3.63, 3.8) is 0 Å². The lowest BCUT2D eigenvalue weighted by Gasteiger charge is -2.07. The summed E-state index contributed by atoms with van der Waals surface area (Å²) >= 11 is 0. The lowest BCUT2D eigenvalue weighted by atomic mass is 10.2. The Morgan fingerprint density at radius 2 is 2.08 bits per heavy atom. The summed E-state index contributed by atoms with van der Waals surface area (Å²) in [5.74, 6) is -2.93. The zero-order valence-corrected chi connectivity index (χ0v) is 6.79. The Hall–Kier alpha value is -1.40. The summed E-state index contributed by atoms with van der Waals surface area (Å²) in [6, 6.07) is -2.03. The van der Waals surface area contributed by atoms with Crippen molar-refractivity contribution in [3.8, 4) is 0 Å². The number of halogens is 2. The second kappa shape index (κ2) is 5.28. The van der Waals surface area contributed by atoms with Crippen LogP contribution in [0.2, 0.25) is 0 Å². The maximum atomic E-state index is 11.8. The summed E-state index contributed by atoms with van der Waals surface area (Å²) < 4.78 is 27.8. The van der Waals surface area contributed by atoms with Crippen molar-refractivity contribution in [2.75, 3.05) is 6.61 Å². The molecule has 0 spiro atoms. The van der Waals surface area contributed by atoms with Crippen molar-refractivity contribution in [1.82, 2.24) is 0 Å². The number of nitrogens with zero attached hydrogens (tertiary/aromatic N) is 1. The van der Waals surface area contributed by atoms with Gasteiger partial charge in [0.1, 0.15) is 0 Å². The molecule has 5 nitrogen and oxygen atoms in total. The van der Waals surface area contributed by atoms with Gasteiger partial charge in [-0.05, 0) is 6.92 Å². The minimum absolute atomic E-state index is 0.0542. The number of hydrogen-bond donors (Lipinski definition) is 1. The molecule has 0 aliphatic heterocycles. The van der Waals surface area contributed by atoms with Gasteiger partial charge in [0.25, 0.3) is 6.43 Å². The number of esters is 1. The molecule has 74 valence electrons. The summed E-state index contributed by atoms with van der Waals surface area (Å²) in [5.41, 5.74) is 6.36. The number of carbonyl (C=O) groups excluding carboxylic acids is 2. The number of Topliss-reactive ketones (excluding diaryl/α,β-unsaturated/α-hetero) is 1. The molecule has 0 aliphatic rings. The molecule has 0 aromatic rings. The fourth-order valence-corrected chi connectivity index (χ4v) is 0.573.